The smallest absolute Gasteiger partial charge is 0.119 e. The molecule has 1 rings (SSSR count). The molecule has 0 saturated carbocycles. The molecule has 1 aromatic carbocycles. The highest BCUT2D eigenvalue weighted by Gasteiger charge is 2.17. The third kappa shape index (κ3) is 9.43. The highest BCUT2D eigenvalue weighted by Crippen LogP contribution is 2.20. The molecule has 0 amide bonds. The van der Waals surface area contributed by atoms with E-state index < -0.39 is 0 Å². The third-order valence-corrected chi connectivity index (χ3v) is 3.55. The van der Waals surface area contributed by atoms with E-state index in [0.29, 0.717) is 5.02 Å². The quantitative estimate of drug-likeness (QED) is 0.733. The molecule has 1 aromatic rings. The number of ether oxygens (including phenoxy) is 1. The van der Waals surface area contributed by atoms with E-state index in [1.165, 1.54) is 0 Å². The molecule has 0 aliphatic heterocycles. The fourth-order valence-electron chi connectivity index (χ4n) is 1.91. The van der Waals surface area contributed by atoms with E-state index in [4.69, 9.17) is 27.8 Å². The Morgan fingerprint density at radius 2 is 1.38 bits per heavy atom. The van der Waals surface area contributed by atoms with Gasteiger partial charge in [0.15, 0.2) is 0 Å². The molecular formula is C15H27Cl3N2O. The lowest BCUT2D eigenvalue weighted by atomic mass is 10.0. The highest BCUT2D eigenvalue weighted by atomic mass is 35.5. The van der Waals surface area contributed by atoms with E-state index in [1.807, 2.05) is 24.3 Å². The fraction of sp³-hybridized carbons (Fsp3) is 0.600. The van der Waals surface area contributed by atoms with Crippen molar-refractivity contribution in [2.75, 3.05) is 0 Å². The Hall–Kier alpha value is -0.190. The highest BCUT2D eigenvalue weighted by molar-refractivity contribution is 6.30. The second kappa shape index (κ2) is 12.4. The van der Waals surface area contributed by atoms with Gasteiger partial charge in [-0.05, 0) is 49.9 Å². The molecule has 4 N–H and O–H groups in total. The lowest BCUT2D eigenvalue weighted by molar-refractivity contribution is 0.161. The maximum absolute atomic E-state index is 6.03. The van der Waals surface area contributed by atoms with Crippen LogP contribution in [0.1, 0.15) is 39.5 Å². The average molecular weight is 358 g/mol. The first-order valence-corrected chi connectivity index (χ1v) is 7.36. The fourth-order valence-corrected chi connectivity index (χ4v) is 2.03. The summed E-state index contributed by atoms with van der Waals surface area (Å²) in [7, 11) is 0. The summed E-state index contributed by atoms with van der Waals surface area (Å²) in [5.41, 5.74) is 12.1. The molecule has 6 heteroatoms. The van der Waals surface area contributed by atoms with Crippen molar-refractivity contribution in [1.29, 1.82) is 0 Å². The Morgan fingerprint density at radius 1 is 0.952 bits per heavy atom. The number of rotatable bonds is 8. The van der Waals surface area contributed by atoms with E-state index in [0.717, 1.165) is 31.4 Å². The lowest BCUT2D eigenvalue weighted by Crippen LogP contribution is -2.34. The molecule has 2 atom stereocenters. The number of benzene rings is 1. The lowest BCUT2D eigenvalue weighted by Gasteiger charge is -2.24. The van der Waals surface area contributed by atoms with Gasteiger partial charge in [-0.15, -0.1) is 24.8 Å². The summed E-state index contributed by atoms with van der Waals surface area (Å²) < 4.78 is 6.00. The van der Waals surface area contributed by atoms with E-state index in [2.05, 4.69) is 13.8 Å². The first-order chi connectivity index (χ1) is 9.05. The molecule has 0 radical (unpaired) electrons. The van der Waals surface area contributed by atoms with Crippen molar-refractivity contribution in [3.05, 3.63) is 29.3 Å². The van der Waals surface area contributed by atoms with Crippen LogP contribution < -0.4 is 16.2 Å². The molecule has 0 spiro atoms. The SMILES string of the molecule is CCC(N)CC(CC(N)CC)Oc1ccc(Cl)cc1.Cl.Cl. The first-order valence-electron chi connectivity index (χ1n) is 6.98. The van der Waals surface area contributed by atoms with Gasteiger partial charge < -0.3 is 16.2 Å². The molecule has 0 fully saturated rings. The molecule has 124 valence electrons. The van der Waals surface area contributed by atoms with Crippen molar-refractivity contribution >= 4 is 36.4 Å². The minimum atomic E-state index is 0. The van der Waals surface area contributed by atoms with Gasteiger partial charge in [-0.3, -0.25) is 0 Å². The molecule has 2 unspecified atom stereocenters. The summed E-state index contributed by atoms with van der Waals surface area (Å²) in [4.78, 5) is 0. The Labute approximate surface area is 145 Å². The zero-order chi connectivity index (χ0) is 14.3. The zero-order valence-electron chi connectivity index (χ0n) is 12.6. The minimum Gasteiger partial charge on any atom is -0.490 e. The van der Waals surface area contributed by atoms with Gasteiger partial charge in [-0.1, -0.05) is 25.4 Å². The van der Waals surface area contributed by atoms with Gasteiger partial charge >= 0.3 is 0 Å². The Balaban J connectivity index is 0. The summed E-state index contributed by atoms with van der Waals surface area (Å²) in [6.45, 7) is 4.17. The number of hydrogen-bond donors (Lipinski definition) is 2. The monoisotopic (exact) mass is 356 g/mol. The number of halogens is 3. The summed E-state index contributed by atoms with van der Waals surface area (Å²) >= 11 is 5.87. The van der Waals surface area contributed by atoms with Crippen molar-refractivity contribution < 1.29 is 4.74 Å². The predicted octanol–water partition coefficient (Wildman–Crippen LogP) is 4.19. The van der Waals surface area contributed by atoms with Crippen molar-refractivity contribution in [2.45, 2.75) is 57.7 Å². The van der Waals surface area contributed by atoms with Crippen LogP contribution in [-0.2, 0) is 0 Å². The number of nitrogens with two attached hydrogens (primary N) is 2. The summed E-state index contributed by atoms with van der Waals surface area (Å²) in [6, 6.07) is 7.72. The molecule has 0 saturated heterocycles. The third-order valence-electron chi connectivity index (χ3n) is 3.30. The van der Waals surface area contributed by atoms with Crippen LogP contribution in [0.3, 0.4) is 0 Å². The Kier molecular flexibility index (Phi) is 13.6. The largest absolute Gasteiger partial charge is 0.490 e. The van der Waals surface area contributed by atoms with Crippen LogP contribution in [0.4, 0.5) is 0 Å². The Morgan fingerprint density at radius 3 is 1.76 bits per heavy atom. The standard InChI is InChI=1S/C15H25ClN2O.2ClH/c1-3-12(17)9-15(10-13(18)4-2)19-14-7-5-11(16)6-8-14;;/h5-8,12-13,15H,3-4,9-10,17-18H2,1-2H3;2*1H. The molecule has 0 aliphatic carbocycles. The second-order valence-electron chi connectivity index (χ2n) is 5.00. The molecular weight excluding hydrogens is 331 g/mol. The van der Waals surface area contributed by atoms with Crippen LogP contribution in [-0.4, -0.2) is 18.2 Å². The molecule has 0 bridgehead atoms. The molecule has 0 aromatic heterocycles. The maximum atomic E-state index is 6.03. The van der Waals surface area contributed by atoms with Gasteiger partial charge in [0, 0.05) is 17.1 Å². The van der Waals surface area contributed by atoms with Gasteiger partial charge in [0.25, 0.3) is 0 Å². The van der Waals surface area contributed by atoms with E-state index >= 15 is 0 Å². The van der Waals surface area contributed by atoms with Crippen LogP contribution in [0.2, 0.25) is 5.02 Å². The van der Waals surface area contributed by atoms with Crippen LogP contribution >= 0.6 is 36.4 Å². The van der Waals surface area contributed by atoms with Gasteiger partial charge in [-0.25, -0.2) is 0 Å². The topological polar surface area (TPSA) is 61.3 Å². The van der Waals surface area contributed by atoms with E-state index in [1.54, 1.807) is 0 Å². The van der Waals surface area contributed by atoms with Crippen LogP contribution in [0.15, 0.2) is 24.3 Å². The Bertz CT molecular complexity index is 350. The van der Waals surface area contributed by atoms with Crippen LogP contribution in [0.5, 0.6) is 5.75 Å². The predicted molar refractivity (Wildman–Crippen MR) is 96.1 cm³/mol. The van der Waals surface area contributed by atoms with Gasteiger partial charge in [-0.2, -0.15) is 0 Å². The molecule has 3 nitrogen and oxygen atoms in total. The van der Waals surface area contributed by atoms with Crippen molar-refractivity contribution in [3.8, 4) is 5.75 Å². The first kappa shape index (κ1) is 23.1. The van der Waals surface area contributed by atoms with E-state index in [9.17, 15) is 0 Å². The van der Waals surface area contributed by atoms with Gasteiger partial charge in [0.05, 0.1) is 0 Å². The molecule has 0 aliphatic rings. The molecule has 0 heterocycles. The number of hydrogen-bond acceptors (Lipinski definition) is 3. The van der Waals surface area contributed by atoms with Crippen LogP contribution in [0, 0.1) is 0 Å². The maximum Gasteiger partial charge on any atom is 0.119 e. The van der Waals surface area contributed by atoms with Crippen LogP contribution in [0.25, 0.3) is 0 Å². The van der Waals surface area contributed by atoms with Crippen molar-refractivity contribution in [2.24, 2.45) is 11.5 Å². The summed E-state index contributed by atoms with van der Waals surface area (Å²) in [6.07, 6.45) is 3.61. The average Bonchev–Trinajstić information content (AvgIpc) is 2.40. The van der Waals surface area contributed by atoms with Gasteiger partial charge in [0.2, 0.25) is 0 Å². The summed E-state index contributed by atoms with van der Waals surface area (Å²) in [5.74, 6) is 0.820. The zero-order valence-corrected chi connectivity index (χ0v) is 15.0. The van der Waals surface area contributed by atoms with Crippen molar-refractivity contribution in [3.63, 3.8) is 0 Å². The normalized spacial score (nSPS) is 14.3. The van der Waals surface area contributed by atoms with E-state index in [-0.39, 0.29) is 43.0 Å². The summed E-state index contributed by atoms with van der Waals surface area (Å²) in [5, 5.41) is 0.708. The van der Waals surface area contributed by atoms with Crippen molar-refractivity contribution in [1.82, 2.24) is 0 Å². The molecule has 21 heavy (non-hydrogen) atoms. The minimum absolute atomic E-state index is 0. The second-order valence-corrected chi connectivity index (χ2v) is 5.44. The van der Waals surface area contributed by atoms with Gasteiger partial charge in [0.1, 0.15) is 11.9 Å².